The minimum absolute atomic E-state index is 0.0454. The molecule has 94 valence electrons. The summed E-state index contributed by atoms with van der Waals surface area (Å²) in [5.74, 6) is 0. The van der Waals surface area contributed by atoms with E-state index in [1.165, 1.54) is 0 Å². The van der Waals surface area contributed by atoms with Crippen LogP contribution in [0, 0.1) is 13.8 Å². The summed E-state index contributed by atoms with van der Waals surface area (Å²) in [6.07, 6.45) is 2.62. The molecule has 0 aromatic heterocycles. The number of hydrogen-bond donors (Lipinski definition) is 1. The molecular weight excluding hydrogens is 234 g/mol. The van der Waals surface area contributed by atoms with E-state index in [0.29, 0.717) is 6.10 Å². The maximum Gasteiger partial charge on any atom is 0.0772 e. The number of halogens is 1. The summed E-state index contributed by atoms with van der Waals surface area (Å²) in [5.41, 5.74) is 9.70. The maximum atomic E-state index is 6.31. The first kappa shape index (κ1) is 12.9. The summed E-state index contributed by atoms with van der Waals surface area (Å²) >= 11 is 6.10. The van der Waals surface area contributed by atoms with Crippen molar-refractivity contribution in [2.75, 3.05) is 0 Å². The second-order valence-electron chi connectivity index (χ2n) is 5.05. The second-order valence-corrected chi connectivity index (χ2v) is 5.45. The Morgan fingerprint density at radius 3 is 2.59 bits per heavy atom. The van der Waals surface area contributed by atoms with Crippen molar-refractivity contribution in [3.05, 3.63) is 33.8 Å². The third-order valence-corrected chi connectivity index (χ3v) is 3.98. The van der Waals surface area contributed by atoms with Crippen LogP contribution in [0.5, 0.6) is 0 Å². The molecule has 1 aromatic carbocycles. The van der Waals surface area contributed by atoms with Crippen LogP contribution in [0.15, 0.2) is 12.1 Å². The van der Waals surface area contributed by atoms with Gasteiger partial charge in [-0.3, -0.25) is 0 Å². The predicted molar refractivity (Wildman–Crippen MR) is 71.4 cm³/mol. The van der Waals surface area contributed by atoms with Gasteiger partial charge in [0.15, 0.2) is 0 Å². The van der Waals surface area contributed by atoms with E-state index in [0.717, 1.165) is 34.6 Å². The van der Waals surface area contributed by atoms with Gasteiger partial charge in [0, 0.05) is 5.02 Å². The van der Waals surface area contributed by atoms with Gasteiger partial charge in [0.25, 0.3) is 0 Å². The van der Waals surface area contributed by atoms with Crippen molar-refractivity contribution in [3.63, 3.8) is 0 Å². The highest BCUT2D eigenvalue weighted by Gasteiger charge is 2.29. The van der Waals surface area contributed by atoms with Crippen molar-refractivity contribution in [2.45, 2.75) is 51.9 Å². The summed E-state index contributed by atoms with van der Waals surface area (Å²) in [5, 5.41) is 0.805. The Kier molecular flexibility index (Phi) is 3.76. The Bertz CT molecular complexity index is 419. The topological polar surface area (TPSA) is 35.2 Å². The Balaban J connectivity index is 2.24. The monoisotopic (exact) mass is 253 g/mol. The number of hydrogen-bond acceptors (Lipinski definition) is 2. The normalized spacial score (nSPS) is 26.2. The van der Waals surface area contributed by atoms with Crippen LogP contribution in [-0.2, 0) is 4.74 Å². The highest BCUT2D eigenvalue weighted by atomic mass is 35.5. The molecule has 3 heteroatoms. The predicted octanol–water partition coefficient (Wildman–Crippen LogP) is 3.52. The van der Waals surface area contributed by atoms with Gasteiger partial charge >= 0.3 is 0 Å². The van der Waals surface area contributed by atoms with E-state index >= 15 is 0 Å². The molecule has 1 aromatic rings. The van der Waals surface area contributed by atoms with E-state index in [-0.39, 0.29) is 12.1 Å². The molecule has 3 atom stereocenters. The van der Waals surface area contributed by atoms with Gasteiger partial charge in [-0.05, 0) is 56.4 Å². The van der Waals surface area contributed by atoms with Gasteiger partial charge in [-0.2, -0.15) is 0 Å². The number of benzene rings is 1. The third kappa shape index (κ3) is 2.65. The van der Waals surface area contributed by atoms with E-state index in [2.05, 4.69) is 19.9 Å². The first-order chi connectivity index (χ1) is 7.99. The second kappa shape index (κ2) is 4.97. The molecule has 0 aliphatic carbocycles. The van der Waals surface area contributed by atoms with Crippen molar-refractivity contribution in [1.82, 2.24) is 0 Å². The first-order valence-corrected chi connectivity index (χ1v) is 6.54. The molecule has 0 spiro atoms. The molecular formula is C14H20ClNO. The van der Waals surface area contributed by atoms with E-state index in [1.54, 1.807) is 0 Å². The van der Waals surface area contributed by atoms with Crippen molar-refractivity contribution in [1.29, 1.82) is 0 Å². The zero-order valence-electron chi connectivity index (χ0n) is 10.7. The SMILES string of the molecule is Cc1cc(C(N)C2CCC(C)O2)c(C)cc1Cl. The van der Waals surface area contributed by atoms with Gasteiger partial charge in [-0.1, -0.05) is 17.7 Å². The lowest BCUT2D eigenvalue weighted by atomic mass is 9.94. The molecule has 3 unspecified atom stereocenters. The van der Waals surface area contributed by atoms with E-state index in [1.807, 2.05) is 13.0 Å². The third-order valence-electron chi connectivity index (χ3n) is 3.57. The minimum Gasteiger partial charge on any atom is -0.373 e. The van der Waals surface area contributed by atoms with Crippen molar-refractivity contribution < 1.29 is 4.74 Å². The van der Waals surface area contributed by atoms with E-state index in [9.17, 15) is 0 Å². The smallest absolute Gasteiger partial charge is 0.0772 e. The summed E-state index contributed by atoms with van der Waals surface area (Å²) in [4.78, 5) is 0. The van der Waals surface area contributed by atoms with Crippen LogP contribution in [0.4, 0.5) is 0 Å². The van der Waals surface area contributed by atoms with Crippen LogP contribution in [-0.4, -0.2) is 12.2 Å². The Morgan fingerprint density at radius 1 is 1.29 bits per heavy atom. The van der Waals surface area contributed by atoms with Gasteiger partial charge in [-0.25, -0.2) is 0 Å². The van der Waals surface area contributed by atoms with Crippen molar-refractivity contribution in [2.24, 2.45) is 5.73 Å². The molecule has 17 heavy (non-hydrogen) atoms. The summed E-state index contributed by atoms with van der Waals surface area (Å²) in [7, 11) is 0. The van der Waals surface area contributed by atoms with Crippen molar-refractivity contribution >= 4 is 11.6 Å². The van der Waals surface area contributed by atoms with Crippen LogP contribution in [0.1, 0.15) is 42.5 Å². The average Bonchev–Trinajstić information content (AvgIpc) is 2.69. The molecule has 0 radical (unpaired) electrons. The lowest BCUT2D eigenvalue weighted by molar-refractivity contribution is 0.0400. The molecule has 1 heterocycles. The summed E-state index contributed by atoms with van der Waals surface area (Å²) in [6, 6.07) is 4.04. The van der Waals surface area contributed by atoms with E-state index < -0.39 is 0 Å². The van der Waals surface area contributed by atoms with E-state index in [4.69, 9.17) is 22.1 Å². The van der Waals surface area contributed by atoms with Gasteiger partial charge in [0.2, 0.25) is 0 Å². The number of aryl methyl sites for hydroxylation is 2. The standard InChI is InChI=1S/C14H20ClNO/c1-8-7-12(15)9(2)6-11(8)14(16)13-5-4-10(3)17-13/h6-7,10,13-14H,4-5,16H2,1-3H3. The van der Waals surface area contributed by atoms with Crippen LogP contribution in [0.2, 0.25) is 5.02 Å². The molecule has 0 amide bonds. The molecule has 2 nitrogen and oxygen atoms in total. The fourth-order valence-corrected chi connectivity index (χ4v) is 2.68. The molecule has 2 N–H and O–H groups in total. The Hall–Kier alpha value is -0.570. The molecule has 1 aliphatic rings. The largest absolute Gasteiger partial charge is 0.373 e. The van der Waals surface area contributed by atoms with Crippen LogP contribution in [0.3, 0.4) is 0 Å². The lowest BCUT2D eigenvalue weighted by Crippen LogP contribution is -2.27. The molecule has 1 saturated heterocycles. The Labute approximate surface area is 108 Å². The van der Waals surface area contributed by atoms with Crippen LogP contribution >= 0.6 is 11.6 Å². The van der Waals surface area contributed by atoms with Crippen LogP contribution < -0.4 is 5.73 Å². The quantitative estimate of drug-likeness (QED) is 0.875. The number of ether oxygens (including phenoxy) is 1. The lowest BCUT2D eigenvalue weighted by Gasteiger charge is -2.22. The molecule has 2 rings (SSSR count). The maximum absolute atomic E-state index is 6.31. The number of rotatable bonds is 2. The molecule has 1 aliphatic heterocycles. The average molecular weight is 254 g/mol. The van der Waals surface area contributed by atoms with Gasteiger partial charge in [0.05, 0.1) is 18.2 Å². The summed E-state index contributed by atoms with van der Waals surface area (Å²) < 4.78 is 5.84. The van der Waals surface area contributed by atoms with Crippen molar-refractivity contribution in [3.8, 4) is 0 Å². The zero-order valence-corrected chi connectivity index (χ0v) is 11.4. The van der Waals surface area contributed by atoms with Gasteiger partial charge < -0.3 is 10.5 Å². The minimum atomic E-state index is -0.0454. The fraction of sp³-hybridized carbons (Fsp3) is 0.571. The molecule has 0 bridgehead atoms. The van der Waals surface area contributed by atoms with Gasteiger partial charge in [0.1, 0.15) is 0 Å². The highest BCUT2D eigenvalue weighted by Crippen LogP contribution is 2.32. The first-order valence-electron chi connectivity index (χ1n) is 6.16. The Morgan fingerprint density at radius 2 is 2.00 bits per heavy atom. The molecule has 1 fully saturated rings. The van der Waals surface area contributed by atoms with Gasteiger partial charge in [-0.15, -0.1) is 0 Å². The molecule has 0 saturated carbocycles. The number of nitrogens with two attached hydrogens (primary N) is 1. The highest BCUT2D eigenvalue weighted by molar-refractivity contribution is 6.31. The van der Waals surface area contributed by atoms with Crippen LogP contribution in [0.25, 0.3) is 0 Å². The zero-order chi connectivity index (χ0) is 12.6. The summed E-state index contributed by atoms with van der Waals surface area (Å²) in [6.45, 7) is 6.17. The fourth-order valence-electron chi connectivity index (χ4n) is 2.46.